The van der Waals surface area contributed by atoms with Gasteiger partial charge in [0.1, 0.15) is 0 Å². The quantitative estimate of drug-likeness (QED) is 0.704. The summed E-state index contributed by atoms with van der Waals surface area (Å²) in [6, 6.07) is 15.2. The zero-order valence-electron chi connectivity index (χ0n) is 15.5. The van der Waals surface area contributed by atoms with Crippen LogP contribution < -0.4 is 0 Å². The molecule has 1 N–H and O–H groups in total. The van der Waals surface area contributed by atoms with E-state index in [-0.39, 0.29) is 12.1 Å². The third-order valence-corrected chi connectivity index (χ3v) is 5.11. The topological polar surface area (TPSA) is 23.5 Å². The molecule has 3 atom stereocenters. The molecule has 0 bridgehead atoms. The number of aliphatic hydroxyl groups is 1. The third kappa shape index (κ3) is 5.12. The van der Waals surface area contributed by atoms with Crippen LogP contribution in [-0.2, 0) is 12.7 Å². The number of likely N-dealkylation sites (tertiary alicyclic amines) is 1. The molecule has 1 aliphatic heterocycles. The van der Waals surface area contributed by atoms with Crippen molar-refractivity contribution in [2.24, 2.45) is 0 Å². The first-order valence-corrected chi connectivity index (χ1v) is 9.32. The number of piperidine rings is 1. The van der Waals surface area contributed by atoms with E-state index < -0.39 is 17.8 Å². The number of benzene rings is 2. The number of alkyl halides is 3. The fourth-order valence-electron chi connectivity index (χ4n) is 3.63. The molecule has 2 aromatic carbocycles. The fraction of sp³-hybridized carbons (Fsp3) is 0.304. The first kappa shape index (κ1) is 20.4. The second kappa shape index (κ2) is 8.76. The average Bonchev–Trinajstić information content (AvgIpc) is 2.68. The van der Waals surface area contributed by atoms with Crippen molar-refractivity contribution in [1.82, 2.24) is 4.90 Å². The van der Waals surface area contributed by atoms with Gasteiger partial charge in [-0.15, -0.1) is 6.58 Å². The highest BCUT2D eigenvalue weighted by molar-refractivity contribution is 5.50. The lowest BCUT2D eigenvalue weighted by Crippen LogP contribution is -2.48. The highest BCUT2D eigenvalue weighted by Crippen LogP contribution is 2.30. The summed E-state index contributed by atoms with van der Waals surface area (Å²) in [6.07, 6.45) is 2.07. The lowest BCUT2D eigenvalue weighted by atomic mass is 9.91. The molecule has 2 nitrogen and oxygen atoms in total. The molecule has 1 heterocycles. The maximum atomic E-state index is 12.7. The lowest BCUT2D eigenvalue weighted by Gasteiger charge is -2.42. The van der Waals surface area contributed by atoms with Crippen LogP contribution in [0, 0.1) is 0 Å². The summed E-state index contributed by atoms with van der Waals surface area (Å²) in [5, 5.41) is 10.3. The molecule has 0 aromatic heterocycles. The van der Waals surface area contributed by atoms with Crippen LogP contribution in [0.2, 0.25) is 0 Å². The van der Waals surface area contributed by atoms with Crippen molar-refractivity contribution >= 4 is 6.08 Å². The van der Waals surface area contributed by atoms with Crippen molar-refractivity contribution in [1.29, 1.82) is 0 Å². The second-order valence-corrected chi connectivity index (χ2v) is 7.13. The Hall–Kier alpha value is -2.37. The van der Waals surface area contributed by atoms with Gasteiger partial charge >= 0.3 is 6.18 Å². The Morgan fingerprint density at radius 3 is 2.25 bits per heavy atom. The Kier molecular flexibility index (Phi) is 6.37. The summed E-state index contributed by atoms with van der Waals surface area (Å²) in [7, 11) is 0. The maximum absolute atomic E-state index is 12.7. The van der Waals surface area contributed by atoms with Crippen LogP contribution in [0.4, 0.5) is 13.2 Å². The predicted octanol–water partition coefficient (Wildman–Crippen LogP) is 5.30. The number of rotatable bonds is 5. The number of hydrogen-bond donors (Lipinski definition) is 1. The molecular weight excluding hydrogens is 363 g/mol. The number of nitrogens with zero attached hydrogens (tertiary/aromatic N) is 1. The monoisotopic (exact) mass is 387 g/mol. The molecule has 0 saturated carbocycles. The highest BCUT2D eigenvalue weighted by Gasteiger charge is 2.32. The molecule has 0 aliphatic carbocycles. The molecule has 1 saturated heterocycles. The van der Waals surface area contributed by atoms with Crippen LogP contribution >= 0.6 is 0 Å². The van der Waals surface area contributed by atoms with E-state index in [1.807, 2.05) is 36.4 Å². The smallest absolute Gasteiger partial charge is 0.393 e. The number of hydrogen-bond acceptors (Lipinski definition) is 2. The van der Waals surface area contributed by atoms with Crippen molar-refractivity contribution < 1.29 is 18.3 Å². The average molecular weight is 387 g/mol. The molecule has 1 fully saturated rings. The SMILES string of the molecule is C=C[C@H]1C[C@@H](O)C[C@@H](/C=C/c2ccc(C(F)(F)F)cc2)N1Cc1ccccc1. The standard InChI is InChI=1S/C23H24F3NO/c1-2-20-14-22(28)15-21(27(20)16-18-6-4-3-5-7-18)13-10-17-8-11-19(12-9-17)23(24,25)26/h2-13,20-22,28H,1,14-16H2/b13-10+/t20-,21+,22+/m0/s1. The Labute approximate surface area is 163 Å². The van der Waals surface area contributed by atoms with Gasteiger partial charge < -0.3 is 5.11 Å². The van der Waals surface area contributed by atoms with Gasteiger partial charge in [0.2, 0.25) is 0 Å². The molecule has 0 unspecified atom stereocenters. The van der Waals surface area contributed by atoms with Crippen molar-refractivity contribution in [3.8, 4) is 0 Å². The molecule has 5 heteroatoms. The maximum Gasteiger partial charge on any atom is 0.416 e. The van der Waals surface area contributed by atoms with Gasteiger partial charge in [-0.1, -0.05) is 60.7 Å². The van der Waals surface area contributed by atoms with Crippen LogP contribution in [0.15, 0.2) is 73.3 Å². The largest absolute Gasteiger partial charge is 0.416 e. The molecule has 0 radical (unpaired) electrons. The van der Waals surface area contributed by atoms with Crippen molar-refractivity contribution in [2.75, 3.05) is 0 Å². The molecule has 0 spiro atoms. The fourth-order valence-corrected chi connectivity index (χ4v) is 3.63. The van der Waals surface area contributed by atoms with Gasteiger partial charge in [-0.2, -0.15) is 13.2 Å². The van der Waals surface area contributed by atoms with E-state index in [9.17, 15) is 18.3 Å². The summed E-state index contributed by atoms with van der Waals surface area (Å²) in [5.74, 6) is 0. The summed E-state index contributed by atoms with van der Waals surface area (Å²) in [5.41, 5.74) is 1.21. The van der Waals surface area contributed by atoms with Gasteiger partial charge in [0.05, 0.1) is 11.7 Å². The summed E-state index contributed by atoms with van der Waals surface area (Å²) in [6.45, 7) is 4.63. The van der Waals surface area contributed by atoms with Gasteiger partial charge in [-0.25, -0.2) is 0 Å². The van der Waals surface area contributed by atoms with Crippen LogP contribution in [0.25, 0.3) is 6.08 Å². The summed E-state index contributed by atoms with van der Waals surface area (Å²) < 4.78 is 38.2. The van der Waals surface area contributed by atoms with Gasteiger partial charge in [-0.3, -0.25) is 4.90 Å². The minimum absolute atomic E-state index is 0.0331. The van der Waals surface area contributed by atoms with Crippen LogP contribution in [0.3, 0.4) is 0 Å². The molecule has 1 aliphatic rings. The predicted molar refractivity (Wildman–Crippen MR) is 105 cm³/mol. The van der Waals surface area contributed by atoms with Crippen molar-refractivity contribution in [2.45, 2.75) is 43.8 Å². The Balaban J connectivity index is 1.79. The third-order valence-electron chi connectivity index (χ3n) is 5.11. The summed E-state index contributed by atoms with van der Waals surface area (Å²) >= 11 is 0. The van der Waals surface area contributed by atoms with Crippen molar-refractivity contribution in [3.05, 3.63) is 90.0 Å². The van der Waals surface area contributed by atoms with Gasteiger partial charge in [-0.05, 0) is 36.1 Å². The Morgan fingerprint density at radius 1 is 1.00 bits per heavy atom. The van der Waals surface area contributed by atoms with Gasteiger partial charge in [0.25, 0.3) is 0 Å². The number of aliphatic hydroxyl groups excluding tert-OH is 1. The first-order valence-electron chi connectivity index (χ1n) is 9.32. The molecule has 148 valence electrons. The lowest BCUT2D eigenvalue weighted by molar-refractivity contribution is -0.137. The van der Waals surface area contributed by atoms with E-state index in [1.165, 1.54) is 17.7 Å². The molecule has 28 heavy (non-hydrogen) atoms. The van der Waals surface area contributed by atoms with Crippen molar-refractivity contribution in [3.63, 3.8) is 0 Å². The second-order valence-electron chi connectivity index (χ2n) is 7.13. The van der Waals surface area contributed by atoms with E-state index in [0.29, 0.717) is 24.9 Å². The molecule has 3 rings (SSSR count). The minimum atomic E-state index is -4.33. The van der Waals surface area contributed by atoms with E-state index in [2.05, 4.69) is 23.6 Å². The van der Waals surface area contributed by atoms with E-state index in [4.69, 9.17) is 0 Å². The van der Waals surface area contributed by atoms with Crippen LogP contribution in [-0.4, -0.2) is 28.2 Å². The van der Waals surface area contributed by atoms with E-state index in [1.54, 1.807) is 0 Å². The van der Waals surface area contributed by atoms with Crippen LogP contribution in [0.5, 0.6) is 0 Å². The summed E-state index contributed by atoms with van der Waals surface area (Å²) in [4.78, 5) is 2.27. The Morgan fingerprint density at radius 2 is 1.64 bits per heavy atom. The molecule has 0 amide bonds. The van der Waals surface area contributed by atoms with Gasteiger partial charge in [0.15, 0.2) is 0 Å². The van der Waals surface area contributed by atoms with Gasteiger partial charge in [0, 0.05) is 18.6 Å². The van der Waals surface area contributed by atoms with Crippen LogP contribution in [0.1, 0.15) is 29.5 Å². The van der Waals surface area contributed by atoms with E-state index in [0.717, 1.165) is 12.1 Å². The first-order chi connectivity index (χ1) is 13.4. The molecular formula is C23H24F3NO. The molecule has 2 aromatic rings. The zero-order valence-corrected chi connectivity index (χ0v) is 15.5. The normalized spacial score (nSPS) is 23.8. The highest BCUT2D eigenvalue weighted by atomic mass is 19.4. The zero-order chi connectivity index (χ0) is 20.1. The van der Waals surface area contributed by atoms with E-state index >= 15 is 0 Å². The number of halogens is 3. The Bertz CT molecular complexity index is 799. The minimum Gasteiger partial charge on any atom is -0.393 e.